The molecule has 4 rings (SSSR count). The maximum Gasteiger partial charge on any atom is 0.407 e. The molecule has 0 bridgehead atoms. The Hall–Kier alpha value is -4.13. The number of carbonyl (C=O) groups is 3. The van der Waals surface area contributed by atoms with Crippen LogP contribution >= 0.6 is 0 Å². The zero-order valence-corrected chi connectivity index (χ0v) is 19.4. The Morgan fingerprint density at radius 3 is 2.06 bits per heavy atom. The molecule has 0 fully saturated rings. The van der Waals surface area contributed by atoms with Crippen LogP contribution < -0.4 is 10.6 Å². The van der Waals surface area contributed by atoms with E-state index >= 15 is 0 Å². The number of ether oxygens (including phenoxy) is 1. The van der Waals surface area contributed by atoms with Crippen LogP contribution in [0.15, 0.2) is 78.9 Å². The second kappa shape index (κ2) is 10.9. The Kier molecular flexibility index (Phi) is 7.45. The van der Waals surface area contributed by atoms with Gasteiger partial charge in [0.2, 0.25) is 5.91 Å². The number of benzene rings is 3. The number of amides is 2. The van der Waals surface area contributed by atoms with Gasteiger partial charge in [0.15, 0.2) is 0 Å². The van der Waals surface area contributed by atoms with Crippen molar-refractivity contribution >= 4 is 18.0 Å². The number of carboxylic acid groups (broad SMARTS) is 1. The number of rotatable bonds is 9. The second-order valence-electron chi connectivity index (χ2n) is 8.58. The van der Waals surface area contributed by atoms with Gasteiger partial charge in [-0.15, -0.1) is 0 Å². The third-order valence-corrected chi connectivity index (χ3v) is 6.33. The van der Waals surface area contributed by atoms with Gasteiger partial charge in [-0.05, 0) is 27.8 Å². The molecule has 0 saturated heterocycles. The predicted octanol–water partition coefficient (Wildman–Crippen LogP) is 4.49. The SMILES string of the molecule is CC(C(=O)NCCC(=O)O)C(NC(=O)OCC1c2ccccc2-c2ccccc21)c1ccccc1. The first-order valence-electron chi connectivity index (χ1n) is 11.6. The summed E-state index contributed by atoms with van der Waals surface area (Å²) < 4.78 is 5.67. The van der Waals surface area contributed by atoms with Gasteiger partial charge in [-0.25, -0.2) is 4.79 Å². The number of carbonyl (C=O) groups excluding carboxylic acids is 2. The first-order chi connectivity index (χ1) is 17.0. The third-order valence-electron chi connectivity index (χ3n) is 6.33. The van der Waals surface area contributed by atoms with Crippen LogP contribution in [0.1, 0.15) is 42.0 Å². The van der Waals surface area contributed by atoms with Gasteiger partial charge in [0.25, 0.3) is 0 Å². The number of nitrogens with one attached hydrogen (secondary N) is 2. The molecule has 0 saturated carbocycles. The normalized spacial score (nSPS) is 13.7. The van der Waals surface area contributed by atoms with Gasteiger partial charge in [0.1, 0.15) is 6.61 Å². The molecule has 0 heterocycles. The van der Waals surface area contributed by atoms with Crippen LogP contribution in [0.2, 0.25) is 0 Å². The summed E-state index contributed by atoms with van der Waals surface area (Å²) in [6, 6.07) is 24.7. The summed E-state index contributed by atoms with van der Waals surface area (Å²) in [6.07, 6.45) is -0.792. The average molecular weight is 473 g/mol. The fourth-order valence-corrected chi connectivity index (χ4v) is 4.53. The van der Waals surface area contributed by atoms with Crippen molar-refractivity contribution in [3.8, 4) is 11.1 Å². The molecule has 0 aromatic heterocycles. The predicted molar refractivity (Wildman–Crippen MR) is 132 cm³/mol. The molecule has 2 atom stereocenters. The molecular weight excluding hydrogens is 444 g/mol. The summed E-state index contributed by atoms with van der Waals surface area (Å²) in [5, 5.41) is 14.3. The van der Waals surface area contributed by atoms with Crippen LogP contribution in [0.25, 0.3) is 11.1 Å². The Morgan fingerprint density at radius 2 is 1.46 bits per heavy atom. The van der Waals surface area contributed by atoms with Crippen molar-refractivity contribution in [3.63, 3.8) is 0 Å². The van der Waals surface area contributed by atoms with E-state index in [0.29, 0.717) is 0 Å². The second-order valence-corrected chi connectivity index (χ2v) is 8.58. The molecule has 7 heteroatoms. The van der Waals surface area contributed by atoms with E-state index in [-0.39, 0.29) is 31.4 Å². The van der Waals surface area contributed by atoms with E-state index in [1.807, 2.05) is 54.6 Å². The lowest BCUT2D eigenvalue weighted by molar-refractivity contribution is -0.137. The van der Waals surface area contributed by atoms with Crippen molar-refractivity contribution in [2.45, 2.75) is 25.3 Å². The number of hydrogen-bond acceptors (Lipinski definition) is 4. The molecule has 2 amide bonds. The van der Waals surface area contributed by atoms with E-state index in [4.69, 9.17) is 9.84 Å². The van der Waals surface area contributed by atoms with Crippen molar-refractivity contribution in [2.24, 2.45) is 5.92 Å². The molecule has 2 unspecified atom stereocenters. The summed E-state index contributed by atoms with van der Waals surface area (Å²) in [7, 11) is 0. The van der Waals surface area contributed by atoms with Crippen LogP contribution in [-0.4, -0.2) is 36.2 Å². The number of aliphatic carboxylic acids is 1. The van der Waals surface area contributed by atoms with Gasteiger partial charge >= 0.3 is 12.1 Å². The van der Waals surface area contributed by atoms with Crippen LogP contribution in [0, 0.1) is 5.92 Å². The smallest absolute Gasteiger partial charge is 0.407 e. The topological polar surface area (TPSA) is 105 Å². The van der Waals surface area contributed by atoms with E-state index in [2.05, 4.69) is 34.9 Å². The Balaban J connectivity index is 1.45. The van der Waals surface area contributed by atoms with Crippen molar-refractivity contribution in [3.05, 3.63) is 95.6 Å². The number of fused-ring (bicyclic) bond motifs is 3. The summed E-state index contributed by atoms with van der Waals surface area (Å²) in [6.45, 7) is 1.88. The molecule has 1 aliphatic rings. The zero-order chi connectivity index (χ0) is 24.8. The first kappa shape index (κ1) is 24.0. The van der Waals surface area contributed by atoms with Gasteiger partial charge in [0, 0.05) is 12.5 Å². The van der Waals surface area contributed by atoms with Crippen molar-refractivity contribution < 1.29 is 24.2 Å². The lowest BCUT2D eigenvalue weighted by Gasteiger charge is -2.25. The zero-order valence-electron chi connectivity index (χ0n) is 19.4. The van der Waals surface area contributed by atoms with Crippen molar-refractivity contribution in [1.29, 1.82) is 0 Å². The van der Waals surface area contributed by atoms with Crippen molar-refractivity contribution in [2.75, 3.05) is 13.2 Å². The van der Waals surface area contributed by atoms with Gasteiger partial charge in [-0.1, -0.05) is 85.8 Å². The lowest BCUT2D eigenvalue weighted by atomic mass is 9.93. The van der Waals surface area contributed by atoms with Crippen LogP contribution in [-0.2, 0) is 14.3 Å². The van der Waals surface area contributed by atoms with E-state index in [1.54, 1.807) is 6.92 Å². The number of alkyl carbamates (subject to hydrolysis) is 1. The van der Waals surface area contributed by atoms with Gasteiger partial charge in [-0.3, -0.25) is 9.59 Å². The van der Waals surface area contributed by atoms with Gasteiger partial charge < -0.3 is 20.5 Å². The molecule has 35 heavy (non-hydrogen) atoms. The highest BCUT2D eigenvalue weighted by Crippen LogP contribution is 2.44. The highest BCUT2D eigenvalue weighted by molar-refractivity contribution is 5.81. The molecular formula is C28H28N2O5. The molecule has 3 N–H and O–H groups in total. The minimum atomic E-state index is -0.991. The standard InChI is InChI=1S/C28H28N2O5/c1-18(27(33)29-16-15-25(31)32)26(19-9-3-2-4-10-19)30-28(34)35-17-24-22-13-7-5-11-20(22)21-12-6-8-14-23(21)24/h2-14,18,24,26H,15-17H2,1H3,(H,29,33)(H,30,34)(H,31,32). The first-order valence-corrected chi connectivity index (χ1v) is 11.6. The number of hydrogen-bond donors (Lipinski definition) is 3. The van der Waals surface area contributed by atoms with E-state index in [9.17, 15) is 14.4 Å². The Bertz CT molecular complexity index is 1170. The average Bonchev–Trinajstić information content (AvgIpc) is 3.19. The molecule has 0 spiro atoms. The molecule has 3 aromatic carbocycles. The molecule has 0 aliphatic heterocycles. The van der Waals surface area contributed by atoms with Gasteiger partial charge in [0.05, 0.1) is 18.4 Å². The molecule has 7 nitrogen and oxygen atoms in total. The Morgan fingerprint density at radius 1 is 0.886 bits per heavy atom. The van der Waals surface area contributed by atoms with Crippen molar-refractivity contribution in [1.82, 2.24) is 10.6 Å². The molecule has 3 aromatic rings. The molecule has 1 aliphatic carbocycles. The Labute approximate surface area is 204 Å². The fourth-order valence-electron chi connectivity index (χ4n) is 4.53. The minimum Gasteiger partial charge on any atom is -0.481 e. The lowest BCUT2D eigenvalue weighted by Crippen LogP contribution is -2.41. The molecule has 0 radical (unpaired) electrons. The summed E-state index contributed by atoms with van der Waals surface area (Å²) in [5.74, 6) is -2.06. The van der Waals surface area contributed by atoms with E-state index in [1.165, 1.54) is 0 Å². The van der Waals surface area contributed by atoms with Crippen LogP contribution in [0.3, 0.4) is 0 Å². The highest BCUT2D eigenvalue weighted by Gasteiger charge is 2.31. The summed E-state index contributed by atoms with van der Waals surface area (Å²) in [5.41, 5.74) is 5.28. The maximum atomic E-state index is 12.9. The quantitative estimate of drug-likeness (QED) is 0.426. The summed E-state index contributed by atoms with van der Waals surface area (Å²) in [4.78, 5) is 36.3. The number of carboxylic acids is 1. The maximum absolute atomic E-state index is 12.9. The minimum absolute atomic E-state index is 0.0188. The highest BCUT2D eigenvalue weighted by atomic mass is 16.5. The molecule has 180 valence electrons. The van der Waals surface area contributed by atoms with E-state index in [0.717, 1.165) is 27.8 Å². The van der Waals surface area contributed by atoms with Crippen LogP contribution in [0.5, 0.6) is 0 Å². The third kappa shape index (κ3) is 5.51. The van der Waals surface area contributed by atoms with Crippen LogP contribution in [0.4, 0.5) is 4.79 Å². The monoisotopic (exact) mass is 472 g/mol. The van der Waals surface area contributed by atoms with E-state index < -0.39 is 24.0 Å². The van der Waals surface area contributed by atoms with Gasteiger partial charge in [-0.2, -0.15) is 0 Å². The fraction of sp³-hybridized carbons (Fsp3) is 0.250. The summed E-state index contributed by atoms with van der Waals surface area (Å²) >= 11 is 0. The largest absolute Gasteiger partial charge is 0.481 e.